The molecule has 3 rings (SSSR count). The number of rotatable bonds is 8. The molecule has 40 heavy (non-hydrogen) atoms. The van der Waals surface area contributed by atoms with Crippen molar-refractivity contribution in [1.82, 2.24) is 10.3 Å². The van der Waals surface area contributed by atoms with Gasteiger partial charge in [-0.3, -0.25) is 24.6 Å². The van der Waals surface area contributed by atoms with Crippen LogP contribution >= 0.6 is 0 Å². The molecule has 0 fully saturated rings. The van der Waals surface area contributed by atoms with Gasteiger partial charge >= 0.3 is 6.18 Å². The van der Waals surface area contributed by atoms with Crippen molar-refractivity contribution >= 4 is 47.3 Å². The van der Waals surface area contributed by atoms with Gasteiger partial charge in [-0.05, 0) is 49.2 Å². The minimum Gasteiger partial charge on any atom is -0.387 e. The quantitative estimate of drug-likeness (QED) is 0.167. The number of benzene rings is 2. The Balaban J connectivity index is 0.000000840. The van der Waals surface area contributed by atoms with Crippen LogP contribution in [0.15, 0.2) is 53.0 Å². The van der Waals surface area contributed by atoms with E-state index in [4.69, 9.17) is 16.4 Å². The molecular weight excluding hydrogens is 529 g/mol. The molecule has 0 aliphatic carbocycles. The Morgan fingerprint density at radius 2 is 1.65 bits per heavy atom. The molecule has 6 N–H and O–H groups in total. The lowest BCUT2D eigenvalue weighted by Gasteiger charge is -2.22. The first-order valence-corrected chi connectivity index (χ1v) is 12.3. The lowest BCUT2D eigenvalue weighted by Crippen LogP contribution is -2.34. The molecule has 3 amide bonds. The van der Waals surface area contributed by atoms with E-state index in [1.165, 1.54) is 6.07 Å². The zero-order valence-electron chi connectivity index (χ0n) is 22.0. The van der Waals surface area contributed by atoms with E-state index in [1.54, 1.807) is 42.5 Å². The molecule has 214 valence electrons. The number of nitrogens with one attached hydrogen (secondary N) is 2. The van der Waals surface area contributed by atoms with Crippen LogP contribution in [0.1, 0.15) is 59.4 Å². The SMILES string of the molecule is CCCN(CCC)C(=O)C1=Cc2ccc(C(=O)Nc3cccc(C(=O)NN)c3)cc2N=C(N)C1.O=CC(F)(F)F. The maximum atomic E-state index is 13.1. The molecule has 0 saturated carbocycles. The molecule has 1 heterocycles. The van der Waals surface area contributed by atoms with E-state index < -0.39 is 18.4 Å². The highest BCUT2D eigenvalue weighted by Crippen LogP contribution is 2.29. The summed E-state index contributed by atoms with van der Waals surface area (Å²) in [5, 5.41) is 2.77. The van der Waals surface area contributed by atoms with Crippen LogP contribution in [-0.2, 0) is 9.59 Å². The van der Waals surface area contributed by atoms with Gasteiger partial charge in [0.05, 0.1) is 5.69 Å². The number of amidine groups is 1. The summed E-state index contributed by atoms with van der Waals surface area (Å²) < 4.78 is 31.2. The summed E-state index contributed by atoms with van der Waals surface area (Å²) >= 11 is 0. The zero-order chi connectivity index (χ0) is 29.9. The monoisotopic (exact) mass is 560 g/mol. The third-order valence-electron chi connectivity index (χ3n) is 5.45. The maximum Gasteiger partial charge on any atom is 0.446 e. The second kappa shape index (κ2) is 14.6. The molecule has 0 unspecified atom stereocenters. The minimum absolute atomic E-state index is 0.0436. The van der Waals surface area contributed by atoms with Crippen LogP contribution in [0.2, 0.25) is 0 Å². The predicted octanol–water partition coefficient (Wildman–Crippen LogP) is 3.71. The molecule has 0 radical (unpaired) electrons. The number of nitrogen functional groups attached to an aromatic ring is 1. The fraction of sp³-hybridized carbons (Fsp3) is 0.296. The Kier molecular flexibility index (Phi) is 11.6. The van der Waals surface area contributed by atoms with Crippen LogP contribution in [-0.4, -0.2) is 54.0 Å². The van der Waals surface area contributed by atoms with E-state index in [1.807, 2.05) is 18.7 Å². The van der Waals surface area contributed by atoms with Gasteiger partial charge in [0.15, 0.2) is 0 Å². The van der Waals surface area contributed by atoms with Gasteiger partial charge in [-0.25, -0.2) is 10.8 Å². The van der Waals surface area contributed by atoms with Crippen molar-refractivity contribution < 1.29 is 32.3 Å². The van der Waals surface area contributed by atoms with E-state index in [-0.39, 0.29) is 18.2 Å². The first kappa shape index (κ1) is 31.7. The molecule has 0 spiro atoms. The first-order valence-electron chi connectivity index (χ1n) is 12.3. The maximum absolute atomic E-state index is 13.1. The Morgan fingerprint density at radius 1 is 1.02 bits per heavy atom. The number of carbonyl (C=O) groups is 4. The van der Waals surface area contributed by atoms with Gasteiger partial charge in [-0.1, -0.05) is 26.0 Å². The number of aliphatic imine (C=N–C) groups is 1. The highest BCUT2D eigenvalue weighted by molar-refractivity contribution is 6.08. The van der Waals surface area contributed by atoms with Crippen LogP contribution in [0.5, 0.6) is 0 Å². The van der Waals surface area contributed by atoms with Gasteiger partial charge in [0.1, 0.15) is 5.84 Å². The number of anilines is 1. The first-order chi connectivity index (χ1) is 18.9. The van der Waals surface area contributed by atoms with E-state index >= 15 is 0 Å². The average molecular weight is 561 g/mol. The summed E-state index contributed by atoms with van der Waals surface area (Å²) in [4.78, 5) is 52.7. The Hall–Kier alpha value is -4.52. The van der Waals surface area contributed by atoms with Crippen molar-refractivity contribution in [3.05, 3.63) is 64.7 Å². The summed E-state index contributed by atoms with van der Waals surface area (Å²) in [6.07, 6.45) is -1.91. The van der Waals surface area contributed by atoms with Gasteiger partial charge in [0, 0.05) is 47.5 Å². The zero-order valence-corrected chi connectivity index (χ0v) is 22.0. The lowest BCUT2D eigenvalue weighted by molar-refractivity contribution is -0.156. The van der Waals surface area contributed by atoms with E-state index in [0.29, 0.717) is 47.0 Å². The van der Waals surface area contributed by atoms with Gasteiger partial charge < -0.3 is 16.0 Å². The Labute approximate surface area is 229 Å². The fourth-order valence-corrected chi connectivity index (χ4v) is 3.75. The minimum atomic E-state index is -4.64. The number of alkyl halides is 3. The van der Waals surface area contributed by atoms with E-state index in [2.05, 4.69) is 15.7 Å². The second-order valence-corrected chi connectivity index (χ2v) is 8.68. The van der Waals surface area contributed by atoms with Crippen molar-refractivity contribution in [1.29, 1.82) is 0 Å². The number of fused-ring (bicyclic) bond motifs is 1. The average Bonchev–Trinajstić information content (AvgIpc) is 3.09. The number of amides is 3. The number of hydrazine groups is 1. The van der Waals surface area contributed by atoms with Crippen molar-refractivity contribution in [2.24, 2.45) is 16.6 Å². The normalized spacial score (nSPS) is 12.3. The van der Waals surface area contributed by atoms with E-state index in [9.17, 15) is 27.6 Å². The van der Waals surface area contributed by atoms with E-state index in [0.717, 1.165) is 18.4 Å². The van der Waals surface area contributed by atoms with Crippen LogP contribution < -0.4 is 22.3 Å². The van der Waals surface area contributed by atoms with Crippen molar-refractivity contribution in [3.8, 4) is 0 Å². The van der Waals surface area contributed by atoms with Crippen molar-refractivity contribution in [3.63, 3.8) is 0 Å². The topological polar surface area (TPSA) is 160 Å². The third kappa shape index (κ3) is 9.34. The number of nitrogens with zero attached hydrogens (tertiary/aromatic N) is 2. The highest BCUT2D eigenvalue weighted by Gasteiger charge is 2.25. The van der Waals surface area contributed by atoms with Gasteiger partial charge in [0.25, 0.3) is 11.8 Å². The third-order valence-corrected chi connectivity index (χ3v) is 5.45. The molecule has 2 aromatic rings. The van der Waals surface area contributed by atoms with Gasteiger partial charge in [-0.15, -0.1) is 0 Å². The fourth-order valence-electron chi connectivity index (χ4n) is 3.75. The molecule has 1 aliphatic rings. The number of hydrogen-bond donors (Lipinski definition) is 4. The number of nitrogens with two attached hydrogens (primary N) is 2. The molecule has 1 aliphatic heterocycles. The summed E-state index contributed by atoms with van der Waals surface area (Å²) in [7, 11) is 0. The van der Waals surface area contributed by atoms with Gasteiger partial charge in [0.2, 0.25) is 12.2 Å². The molecule has 2 aromatic carbocycles. The molecule has 0 bridgehead atoms. The second-order valence-electron chi connectivity index (χ2n) is 8.68. The van der Waals surface area contributed by atoms with Crippen LogP contribution in [0, 0.1) is 0 Å². The Morgan fingerprint density at radius 3 is 2.23 bits per heavy atom. The van der Waals surface area contributed by atoms with Crippen LogP contribution in [0.25, 0.3) is 6.08 Å². The van der Waals surface area contributed by atoms with Crippen LogP contribution in [0.4, 0.5) is 24.5 Å². The molecule has 10 nitrogen and oxygen atoms in total. The number of halogens is 3. The standard InChI is InChI=1S/C25H30N6O3.C2HF3O/c1-3-10-31(11-4-2)25(34)19-12-16-8-9-18(14-21(16)29-22(26)15-19)23(32)28-20-7-5-6-17(13-20)24(33)30-27;3-2(4,5)1-6/h5-9,12-14H,3-4,10-11,15,27H2,1-2H3,(H2,26,29)(H,28,32)(H,30,33);1H. The number of hydrogen-bond acceptors (Lipinski definition) is 7. The van der Waals surface area contributed by atoms with Crippen LogP contribution in [0.3, 0.4) is 0 Å². The highest BCUT2D eigenvalue weighted by atomic mass is 19.4. The molecule has 0 atom stereocenters. The predicted molar refractivity (Wildman–Crippen MR) is 146 cm³/mol. The van der Waals surface area contributed by atoms with Crippen molar-refractivity contribution in [2.75, 3.05) is 18.4 Å². The summed E-state index contributed by atoms with van der Waals surface area (Å²) in [5.41, 5.74) is 11.1. The number of carbonyl (C=O) groups excluding carboxylic acids is 4. The smallest absolute Gasteiger partial charge is 0.387 e. The van der Waals surface area contributed by atoms with Crippen molar-refractivity contribution in [2.45, 2.75) is 39.3 Å². The Bertz CT molecular complexity index is 1300. The molecule has 0 aromatic heterocycles. The lowest BCUT2D eigenvalue weighted by atomic mass is 10.0. The summed E-state index contributed by atoms with van der Waals surface area (Å²) in [6, 6.07) is 11.5. The summed E-state index contributed by atoms with van der Waals surface area (Å²) in [5.74, 6) is 4.61. The van der Waals surface area contributed by atoms with Gasteiger partial charge in [-0.2, -0.15) is 13.2 Å². The summed E-state index contributed by atoms with van der Waals surface area (Å²) in [6.45, 7) is 5.44. The number of aldehydes is 1. The molecular formula is C27H31F3N6O4. The molecule has 13 heteroatoms. The largest absolute Gasteiger partial charge is 0.446 e. The molecule has 0 saturated heterocycles.